The van der Waals surface area contributed by atoms with E-state index in [1.165, 1.54) is 24.3 Å². The molecule has 1 unspecified atom stereocenters. The highest BCUT2D eigenvalue weighted by Crippen LogP contribution is 2.14. The third-order valence-electron chi connectivity index (χ3n) is 3.35. The molecule has 1 saturated heterocycles. The molecule has 0 bridgehead atoms. The summed E-state index contributed by atoms with van der Waals surface area (Å²) in [5.41, 5.74) is 0.277. The Labute approximate surface area is 135 Å². The molecule has 23 heavy (non-hydrogen) atoms. The molecule has 1 aliphatic heterocycles. The zero-order chi connectivity index (χ0) is 16.7. The first-order valence-electron chi connectivity index (χ1n) is 7.28. The number of nitriles is 1. The summed E-state index contributed by atoms with van der Waals surface area (Å²) in [4.78, 5) is 11.9. The van der Waals surface area contributed by atoms with E-state index in [4.69, 9.17) is 14.7 Å². The first-order valence-corrected chi connectivity index (χ1v) is 8.76. The average Bonchev–Trinajstić information content (AvgIpc) is 3.06. The van der Waals surface area contributed by atoms with Crippen molar-refractivity contribution in [2.75, 3.05) is 19.8 Å². The molecule has 0 aliphatic carbocycles. The summed E-state index contributed by atoms with van der Waals surface area (Å²) in [5.74, 6) is -0.512. The van der Waals surface area contributed by atoms with Crippen LogP contribution in [0.4, 0.5) is 0 Å². The van der Waals surface area contributed by atoms with Gasteiger partial charge in [0.15, 0.2) is 0 Å². The van der Waals surface area contributed by atoms with Gasteiger partial charge in [-0.1, -0.05) is 0 Å². The third kappa shape index (κ3) is 5.03. The number of nitrogens with one attached hydrogen (secondary N) is 1. The quantitative estimate of drug-likeness (QED) is 0.592. The Morgan fingerprint density at radius 1 is 1.39 bits per heavy atom. The zero-order valence-electron chi connectivity index (χ0n) is 12.5. The highest BCUT2D eigenvalue weighted by molar-refractivity contribution is 7.89. The van der Waals surface area contributed by atoms with Gasteiger partial charge in [-0.05, 0) is 37.1 Å². The molecule has 124 valence electrons. The molecular weight excluding hydrogens is 320 g/mol. The highest BCUT2D eigenvalue weighted by atomic mass is 32.2. The normalized spacial score (nSPS) is 17.6. The van der Waals surface area contributed by atoms with Crippen molar-refractivity contribution in [2.45, 2.75) is 30.3 Å². The Morgan fingerprint density at radius 3 is 2.74 bits per heavy atom. The van der Waals surface area contributed by atoms with Gasteiger partial charge in [0, 0.05) is 19.6 Å². The van der Waals surface area contributed by atoms with Crippen LogP contribution < -0.4 is 4.72 Å². The fraction of sp³-hybridized carbons (Fsp3) is 0.467. The Hall–Kier alpha value is -1.95. The molecule has 1 N–H and O–H groups in total. The molecule has 1 aliphatic rings. The number of ether oxygens (including phenoxy) is 2. The number of hydrogen-bond acceptors (Lipinski definition) is 6. The second kappa shape index (κ2) is 8.06. The van der Waals surface area contributed by atoms with Crippen LogP contribution in [-0.4, -0.2) is 40.2 Å². The highest BCUT2D eigenvalue weighted by Gasteiger charge is 2.19. The van der Waals surface area contributed by atoms with Crippen LogP contribution in [-0.2, 0) is 19.5 Å². The van der Waals surface area contributed by atoms with Crippen molar-refractivity contribution in [3.8, 4) is 6.07 Å². The van der Waals surface area contributed by atoms with Crippen molar-refractivity contribution >= 4 is 16.0 Å². The molecule has 2 rings (SSSR count). The molecule has 0 amide bonds. The van der Waals surface area contributed by atoms with Gasteiger partial charge in [-0.15, -0.1) is 0 Å². The Balaban J connectivity index is 1.92. The van der Waals surface area contributed by atoms with Gasteiger partial charge in [0.05, 0.1) is 22.6 Å². The Morgan fingerprint density at radius 2 is 2.13 bits per heavy atom. The van der Waals surface area contributed by atoms with Crippen molar-refractivity contribution in [1.82, 2.24) is 4.72 Å². The molecule has 8 heteroatoms. The lowest BCUT2D eigenvalue weighted by molar-refractivity contribution is 0.0161. The zero-order valence-corrected chi connectivity index (χ0v) is 13.3. The number of carbonyl (C=O) groups excluding carboxylic acids is 1. The smallest absolute Gasteiger partial charge is 0.338 e. The Bertz CT molecular complexity index is 673. The molecule has 1 aromatic rings. The summed E-state index contributed by atoms with van der Waals surface area (Å²) < 4.78 is 36.7. The van der Waals surface area contributed by atoms with E-state index in [0.29, 0.717) is 6.61 Å². The van der Waals surface area contributed by atoms with E-state index in [-0.39, 0.29) is 36.1 Å². The van der Waals surface area contributed by atoms with Gasteiger partial charge in [-0.2, -0.15) is 5.26 Å². The summed E-state index contributed by atoms with van der Waals surface area (Å²) in [7, 11) is -3.67. The van der Waals surface area contributed by atoms with Gasteiger partial charge in [0.1, 0.15) is 6.61 Å². The lowest BCUT2D eigenvalue weighted by Crippen LogP contribution is -2.24. The van der Waals surface area contributed by atoms with Crippen LogP contribution in [0.15, 0.2) is 29.2 Å². The van der Waals surface area contributed by atoms with Crippen LogP contribution in [0.2, 0.25) is 0 Å². The largest absolute Gasteiger partial charge is 0.459 e. The van der Waals surface area contributed by atoms with E-state index in [1.807, 2.05) is 6.07 Å². The van der Waals surface area contributed by atoms with Crippen LogP contribution in [0.5, 0.6) is 0 Å². The van der Waals surface area contributed by atoms with Crippen LogP contribution in [0.1, 0.15) is 29.6 Å². The number of sulfonamides is 1. The molecule has 0 spiro atoms. The fourth-order valence-corrected chi connectivity index (χ4v) is 3.15. The maximum absolute atomic E-state index is 11.9. The summed E-state index contributed by atoms with van der Waals surface area (Å²) in [6.07, 6.45) is 1.88. The van der Waals surface area contributed by atoms with Crippen LogP contribution in [0.3, 0.4) is 0 Å². The van der Waals surface area contributed by atoms with Crippen molar-refractivity contribution in [3.05, 3.63) is 29.8 Å². The summed E-state index contributed by atoms with van der Waals surface area (Å²) in [5, 5.41) is 8.42. The topological polar surface area (TPSA) is 105 Å². The molecule has 0 aromatic heterocycles. The van der Waals surface area contributed by atoms with E-state index < -0.39 is 16.0 Å². The third-order valence-corrected chi connectivity index (χ3v) is 4.83. The molecule has 1 fully saturated rings. The molecule has 0 radical (unpaired) electrons. The van der Waals surface area contributed by atoms with Gasteiger partial charge in [-0.3, -0.25) is 0 Å². The second-order valence-corrected chi connectivity index (χ2v) is 6.83. The van der Waals surface area contributed by atoms with E-state index in [0.717, 1.165) is 12.8 Å². The minimum Gasteiger partial charge on any atom is -0.459 e. The SMILES string of the molecule is N#CCCNS(=O)(=O)c1ccc(C(=O)OCC2CCCO2)cc1. The van der Waals surface area contributed by atoms with E-state index >= 15 is 0 Å². The lowest BCUT2D eigenvalue weighted by atomic mass is 10.2. The maximum atomic E-state index is 11.9. The van der Waals surface area contributed by atoms with Gasteiger partial charge in [-0.25, -0.2) is 17.9 Å². The molecular formula is C15H18N2O5S. The van der Waals surface area contributed by atoms with E-state index in [2.05, 4.69) is 4.72 Å². The van der Waals surface area contributed by atoms with Gasteiger partial charge >= 0.3 is 5.97 Å². The van der Waals surface area contributed by atoms with Gasteiger partial charge in [0.2, 0.25) is 10.0 Å². The number of benzene rings is 1. The van der Waals surface area contributed by atoms with Crippen molar-refractivity contribution in [2.24, 2.45) is 0 Å². The van der Waals surface area contributed by atoms with Crippen LogP contribution >= 0.6 is 0 Å². The minimum absolute atomic E-state index is 0.0334. The average molecular weight is 338 g/mol. The van der Waals surface area contributed by atoms with Crippen molar-refractivity contribution in [1.29, 1.82) is 5.26 Å². The molecule has 0 saturated carbocycles. The predicted octanol–water partition coefficient (Wildman–Crippen LogP) is 1.21. The van der Waals surface area contributed by atoms with Gasteiger partial charge < -0.3 is 9.47 Å². The maximum Gasteiger partial charge on any atom is 0.338 e. The second-order valence-electron chi connectivity index (χ2n) is 5.06. The number of carbonyl (C=O) groups is 1. The first-order chi connectivity index (χ1) is 11.0. The number of esters is 1. The lowest BCUT2D eigenvalue weighted by Gasteiger charge is -2.10. The number of hydrogen-bond donors (Lipinski definition) is 1. The van der Waals surface area contributed by atoms with Crippen LogP contribution in [0, 0.1) is 11.3 Å². The number of rotatable bonds is 7. The summed E-state index contributed by atoms with van der Waals surface area (Å²) in [6, 6.07) is 7.31. The molecule has 7 nitrogen and oxygen atoms in total. The van der Waals surface area contributed by atoms with Crippen molar-refractivity contribution < 1.29 is 22.7 Å². The molecule has 1 heterocycles. The molecule has 1 atom stereocenters. The summed E-state index contributed by atoms with van der Waals surface area (Å²) >= 11 is 0. The predicted molar refractivity (Wildman–Crippen MR) is 81.1 cm³/mol. The van der Waals surface area contributed by atoms with E-state index in [9.17, 15) is 13.2 Å². The summed E-state index contributed by atoms with van der Waals surface area (Å²) in [6.45, 7) is 0.937. The van der Waals surface area contributed by atoms with E-state index in [1.54, 1.807) is 0 Å². The first kappa shape index (κ1) is 17.4. The minimum atomic E-state index is -3.67. The standard InChI is InChI=1S/C15H18N2O5S/c16-8-2-9-17-23(19,20)14-6-4-12(5-7-14)15(18)22-11-13-3-1-10-21-13/h4-7,13,17H,1-3,9-11H2. The van der Waals surface area contributed by atoms with Crippen molar-refractivity contribution in [3.63, 3.8) is 0 Å². The fourth-order valence-electron chi connectivity index (χ4n) is 2.12. The number of nitrogens with zero attached hydrogens (tertiary/aromatic N) is 1. The van der Waals surface area contributed by atoms with Crippen LogP contribution in [0.25, 0.3) is 0 Å². The molecule has 1 aromatic carbocycles. The monoisotopic (exact) mass is 338 g/mol. The van der Waals surface area contributed by atoms with Gasteiger partial charge in [0.25, 0.3) is 0 Å². The Kier molecular flexibility index (Phi) is 6.10.